The van der Waals surface area contributed by atoms with Crippen LogP contribution in [0.15, 0.2) is 48.5 Å². The number of halogens is 3. The zero-order chi connectivity index (χ0) is 32.7. The quantitative estimate of drug-likeness (QED) is 0.299. The molecule has 2 aliphatic heterocycles. The highest BCUT2D eigenvalue weighted by molar-refractivity contribution is 5.93. The van der Waals surface area contributed by atoms with E-state index in [1.54, 1.807) is 0 Å². The van der Waals surface area contributed by atoms with Crippen LogP contribution in [0.1, 0.15) is 82.4 Å². The van der Waals surface area contributed by atoms with Crippen LogP contribution in [-0.4, -0.2) is 66.2 Å². The van der Waals surface area contributed by atoms with Crippen LogP contribution in [0.4, 0.5) is 13.2 Å². The number of ether oxygens (including phenoxy) is 2. The number of esters is 1. The maximum Gasteiger partial charge on any atom is 0.402 e. The van der Waals surface area contributed by atoms with Crippen molar-refractivity contribution in [1.29, 1.82) is 0 Å². The van der Waals surface area contributed by atoms with Gasteiger partial charge >= 0.3 is 12.1 Å². The van der Waals surface area contributed by atoms with Gasteiger partial charge in [-0.2, -0.15) is 13.2 Å². The molecular weight excluding hydrogens is 569 g/mol. The van der Waals surface area contributed by atoms with Crippen LogP contribution in [0.25, 0.3) is 0 Å². The molecule has 6 nitrogen and oxygen atoms in total. The predicted octanol–water partition coefficient (Wildman–Crippen LogP) is 7.01. The van der Waals surface area contributed by atoms with E-state index in [-0.39, 0.29) is 36.4 Å². The Morgan fingerprint density at radius 1 is 0.886 bits per heavy atom. The van der Waals surface area contributed by atoms with Crippen molar-refractivity contribution in [1.82, 2.24) is 9.80 Å². The highest BCUT2D eigenvalue weighted by atomic mass is 19.4. The minimum absolute atomic E-state index is 0.0000339. The Labute approximate surface area is 259 Å². The van der Waals surface area contributed by atoms with E-state index < -0.39 is 29.1 Å². The average Bonchev–Trinajstić information content (AvgIpc) is 3.23. The zero-order valence-corrected chi connectivity index (χ0v) is 27.3. The number of likely N-dealkylation sites (tertiary alicyclic amines) is 2. The topological polar surface area (TPSA) is 59.1 Å². The predicted molar refractivity (Wildman–Crippen MR) is 164 cm³/mol. The zero-order valence-electron chi connectivity index (χ0n) is 27.3. The molecule has 1 amide bonds. The van der Waals surface area contributed by atoms with Crippen molar-refractivity contribution in [2.75, 3.05) is 32.8 Å². The van der Waals surface area contributed by atoms with Crippen LogP contribution >= 0.6 is 0 Å². The van der Waals surface area contributed by atoms with E-state index in [4.69, 9.17) is 9.47 Å². The third-order valence-corrected chi connectivity index (χ3v) is 8.81. The lowest BCUT2D eigenvalue weighted by Gasteiger charge is -2.53. The van der Waals surface area contributed by atoms with Crippen LogP contribution in [0, 0.1) is 16.7 Å². The van der Waals surface area contributed by atoms with Gasteiger partial charge in [0, 0.05) is 44.1 Å². The first-order chi connectivity index (χ1) is 20.2. The summed E-state index contributed by atoms with van der Waals surface area (Å²) in [7, 11) is 0. The highest BCUT2D eigenvalue weighted by Crippen LogP contribution is 2.48. The second-order valence-corrected chi connectivity index (χ2v) is 15.1. The van der Waals surface area contributed by atoms with Gasteiger partial charge in [0.05, 0.1) is 18.8 Å². The Morgan fingerprint density at radius 2 is 1.52 bits per heavy atom. The molecule has 2 aliphatic rings. The maximum atomic E-state index is 13.7. The van der Waals surface area contributed by atoms with Gasteiger partial charge < -0.3 is 14.4 Å². The van der Waals surface area contributed by atoms with Gasteiger partial charge in [0.25, 0.3) is 0 Å². The smallest absolute Gasteiger partial charge is 0.402 e. The molecule has 1 atom stereocenters. The Balaban J connectivity index is 1.53. The molecular formula is C35H47F3N2O4. The minimum Gasteiger partial charge on any atom is -0.456 e. The van der Waals surface area contributed by atoms with E-state index in [1.807, 2.05) is 77.9 Å². The monoisotopic (exact) mass is 616 g/mol. The second-order valence-electron chi connectivity index (χ2n) is 15.1. The molecule has 2 fully saturated rings. The molecule has 242 valence electrons. The van der Waals surface area contributed by atoms with Gasteiger partial charge in [0.15, 0.2) is 0 Å². The van der Waals surface area contributed by atoms with Gasteiger partial charge in [-0.15, -0.1) is 0 Å². The van der Waals surface area contributed by atoms with Gasteiger partial charge in [0.1, 0.15) is 11.0 Å². The summed E-state index contributed by atoms with van der Waals surface area (Å²) in [6.07, 6.45) is -4.63. The lowest BCUT2D eigenvalue weighted by Crippen LogP contribution is -2.65. The number of nitrogens with zero attached hydrogens (tertiary/aromatic N) is 2. The standard InChI is InChI=1S/C35H47F3N2O4/c1-31(2,3)27-16-12-15-25(28(27)29(41)44-32(4,5)6)19-43-20-26-18-39(17-24-13-10-9-11-14-24)21-34(26)22-40(23-34)30(42)33(7,8)35(36,37)38/h9-16,26H,17-23H2,1-8H3/t26-/m0/s1. The van der Waals surface area contributed by atoms with E-state index in [2.05, 4.69) is 17.0 Å². The van der Waals surface area contributed by atoms with E-state index in [0.717, 1.165) is 30.5 Å². The first-order valence-electron chi connectivity index (χ1n) is 15.3. The molecule has 0 unspecified atom stereocenters. The van der Waals surface area contributed by atoms with Gasteiger partial charge in [-0.1, -0.05) is 69.3 Å². The molecule has 2 aromatic carbocycles. The lowest BCUT2D eigenvalue weighted by atomic mass is 9.70. The van der Waals surface area contributed by atoms with Gasteiger partial charge in [-0.25, -0.2) is 4.79 Å². The molecule has 9 heteroatoms. The van der Waals surface area contributed by atoms with Crippen molar-refractivity contribution in [3.8, 4) is 0 Å². The summed E-state index contributed by atoms with van der Waals surface area (Å²) in [6.45, 7) is 16.7. The molecule has 44 heavy (non-hydrogen) atoms. The summed E-state index contributed by atoms with van der Waals surface area (Å²) in [4.78, 5) is 30.0. The Kier molecular flexibility index (Phi) is 9.36. The number of amides is 1. The first kappa shape index (κ1) is 34.0. The molecule has 1 spiro atoms. The Morgan fingerprint density at radius 3 is 2.09 bits per heavy atom. The van der Waals surface area contributed by atoms with Crippen LogP contribution in [0.2, 0.25) is 0 Å². The van der Waals surface area contributed by atoms with E-state index >= 15 is 0 Å². The van der Waals surface area contributed by atoms with Crippen LogP contribution < -0.4 is 0 Å². The number of hydrogen-bond donors (Lipinski definition) is 0. The van der Waals surface area contributed by atoms with Crippen molar-refractivity contribution in [3.63, 3.8) is 0 Å². The summed E-state index contributed by atoms with van der Waals surface area (Å²) in [5.74, 6) is -1.29. The van der Waals surface area contributed by atoms with E-state index in [1.165, 1.54) is 4.90 Å². The second kappa shape index (κ2) is 12.1. The molecule has 0 saturated carbocycles. The number of benzene rings is 2. The number of alkyl halides is 3. The van der Waals surface area contributed by atoms with Crippen molar-refractivity contribution in [2.24, 2.45) is 16.7 Å². The fourth-order valence-electron chi connectivity index (χ4n) is 6.29. The van der Waals surface area contributed by atoms with Gasteiger partial charge in [-0.3, -0.25) is 9.69 Å². The minimum atomic E-state index is -4.63. The highest BCUT2D eigenvalue weighted by Gasteiger charge is 2.61. The van der Waals surface area contributed by atoms with Crippen molar-refractivity contribution >= 4 is 11.9 Å². The van der Waals surface area contributed by atoms with Gasteiger partial charge in [0.2, 0.25) is 5.91 Å². The molecule has 0 aliphatic carbocycles. The molecule has 0 aromatic heterocycles. The number of rotatable bonds is 8. The summed E-state index contributed by atoms with van der Waals surface area (Å²) >= 11 is 0. The normalized spacial score (nSPS) is 19.2. The van der Waals surface area contributed by atoms with E-state index in [9.17, 15) is 22.8 Å². The number of carbonyl (C=O) groups excluding carboxylic acids is 2. The lowest BCUT2D eigenvalue weighted by molar-refractivity contribution is -0.223. The molecule has 2 aromatic rings. The third kappa shape index (κ3) is 7.31. The summed E-state index contributed by atoms with van der Waals surface area (Å²) in [5.41, 5.74) is -0.509. The molecule has 4 rings (SSSR count). The number of carbonyl (C=O) groups is 2. The van der Waals surface area contributed by atoms with Crippen molar-refractivity contribution < 1.29 is 32.2 Å². The molecule has 0 bridgehead atoms. The molecule has 0 radical (unpaired) electrons. The van der Waals surface area contributed by atoms with E-state index in [0.29, 0.717) is 31.8 Å². The maximum absolute atomic E-state index is 13.7. The Bertz CT molecular complexity index is 1340. The van der Waals surface area contributed by atoms with Crippen LogP contribution in [-0.2, 0) is 32.8 Å². The number of hydrogen-bond acceptors (Lipinski definition) is 5. The molecule has 0 N–H and O–H groups in total. The largest absolute Gasteiger partial charge is 0.456 e. The fourth-order valence-corrected chi connectivity index (χ4v) is 6.29. The molecule has 2 heterocycles. The van der Waals surface area contributed by atoms with Crippen LogP contribution in [0.5, 0.6) is 0 Å². The molecule has 2 saturated heterocycles. The SMILES string of the molecule is CC(C)(C)OC(=O)c1c(COC[C@@H]2CN(Cc3ccccc3)CC23CN(C(=O)C(C)(C)C(F)(F)F)C3)cccc1C(C)(C)C. The Hall–Kier alpha value is -2.91. The average molecular weight is 617 g/mol. The van der Waals surface area contributed by atoms with Crippen molar-refractivity contribution in [3.05, 3.63) is 70.8 Å². The third-order valence-electron chi connectivity index (χ3n) is 8.81. The van der Waals surface area contributed by atoms with Crippen molar-refractivity contribution in [2.45, 2.75) is 85.7 Å². The summed E-state index contributed by atoms with van der Waals surface area (Å²) in [6, 6.07) is 15.8. The summed E-state index contributed by atoms with van der Waals surface area (Å²) in [5, 5.41) is 0. The van der Waals surface area contributed by atoms with Crippen LogP contribution in [0.3, 0.4) is 0 Å². The van der Waals surface area contributed by atoms with Gasteiger partial charge in [-0.05, 0) is 56.7 Å². The summed E-state index contributed by atoms with van der Waals surface area (Å²) < 4.78 is 53.1. The first-order valence-corrected chi connectivity index (χ1v) is 15.3. The fraction of sp³-hybridized carbons (Fsp3) is 0.600.